The molecule has 1 rings (SSSR count). The molecule has 1 aliphatic heterocycles. The predicted octanol–water partition coefficient (Wildman–Crippen LogP) is 3.03. The number of rotatable bonds is 4. The molecule has 0 amide bonds. The molecule has 1 fully saturated rings. The molecule has 1 heterocycles. The molecule has 0 radical (unpaired) electrons. The summed E-state index contributed by atoms with van der Waals surface area (Å²) in [4.78, 5) is 0. The molecule has 0 aromatic heterocycles. The van der Waals surface area contributed by atoms with Gasteiger partial charge in [-0.15, -0.1) is 0 Å². The quantitative estimate of drug-likeness (QED) is 0.723. The summed E-state index contributed by atoms with van der Waals surface area (Å²) in [6.45, 7) is 15.4. The van der Waals surface area contributed by atoms with Crippen molar-refractivity contribution in [3.8, 4) is 0 Å². The second-order valence-electron chi connectivity index (χ2n) is 6.48. The standard InChI is InChI=1S/C12H25BO3Si/c1-11(2)12(3,4)16-13(15-11)9-8-10-14-17(5,6)7/h8-9H,10H2,1-7H3. The van der Waals surface area contributed by atoms with Gasteiger partial charge in [-0.3, -0.25) is 0 Å². The molecule has 1 saturated heterocycles. The average molecular weight is 256 g/mol. The zero-order valence-corrected chi connectivity index (χ0v) is 13.2. The first-order chi connectivity index (χ1) is 7.54. The van der Waals surface area contributed by atoms with E-state index >= 15 is 0 Å². The molecule has 0 spiro atoms. The van der Waals surface area contributed by atoms with Crippen molar-refractivity contribution in [2.24, 2.45) is 0 Å². The maximum atomic E-state index is 5.84. The fourth-order valence-electron chi connectivity index (χ4n) is 1.43. The summed E-state index contributed by atoms with van der Waals surface area (Å²) in [7, 11) is -1.68. The van der Waals surface area contributed by atoms with Gasteiger partial charge in [0.1, 0.15) is 0 Å². The molecule has 0 aliphatic carbocycles. The Morgan fingerprint density at radius 2 is 1.53 bits per heavy atom. The van der Waals surface area contributed by atoms with Crippen molar-refractivity contribution in [3.63, 3.8) is 0 Å². The largest absolute Gasteiger partial charge is 0.486 e. The lowest BCUT2D eigenvalue weighted by molar-refractivity contribution is 0.00578. The van der Waals surface area contributed by atoms with Gasteiger partial charge in [-0.25, -0.2) is 0 Å². The van der Waals surface area contributed by atoms with Gasteiger partial charge in [-0.2, -0.15) is 0 Å². The Balaban J connectivity index is 2.43. The van der Waals surface area contributed by atoms with Crippen molar-refractivity contribution >= 4 is 15.4 Å². The van der Waals surface area contributed by atoms with Crippen LogP contribution in [0.3, 0.4) is 0 Å². The minimum atomic E-state index is -1.42. The van der Waals surface area contributed by atoms with Crippen LogP contribution in [-0.2, 0) is 13.7 Å². The SMILES string of the molecule is CC1(C)OB(C=CCO[Si](C)(C)C)OC1(C)C. The third-order valence-corrected chi connectivity index (χ3v) is 4.21. The van der Waals surface area contributed by atoms with Gasteiger partial charge in [0.25, 0.3) is 0 Å². The fraction of sp³-hybridized carbons (Fsp3) is 0.833. The fourth-order valence-corrected chi connectivity index (χ4v) is 2.03. The van der Waals surface area contributed by atoms with E-state index in [0.29, 0.717) is 6.61 Å². The van der Waals surface area contributed by atoms with Gasteiger partial charge in [-0.1, -0.05) is 12.1 Å². The zero-order valence-electron chi connectivity index (χ0n) is 12.2. The van der Waals surface area contributed by atoms with Crippen LogP contribution in [0.25, 0.3) is 0 Å². The molecule has 17 heavy (non-hydrogen) atoms. The maximum Gasteiger partial charge on any atom is 0.486 e. The second kappa shape index (κ2) is 4.88. The van der Waals surface area contributed by atoms with E-state index < -0.39 is 8.32 Å². The lowest BCUT2D eigenvalue weighted by atomic mass is 9.90. The lowest BCUT2D eigenvalue weighted by Gasteiger charge is -2.32. The Kier molecular flexibility index (Phi) is 4.29. The highest BCUT2D eigenvalue weighted by Gasteiger charge is 2.49. The smallest absolute Gasteiger partial charge is 0.414 e. The van der Waals surface area contributed by atoms with Crippen molar-refractivity contribution in [2.45, 2.75) is 58.5 Å². The summed E-state index contributed by atoms with van der Waals surface area (Å²) in [6, 6.07) is 0. The van der Waals surface area contributed by atoms with Gasteiger partial charge < -0.3 is 13.7 Å². The molecular weight excluding hydrogens is 231 g/mol. The van der Waals surface area contributed by atoms with E-state index in [2.05, 4.69) is 47.3 Å². The molecule has 0 unspecified atom stereocenters. The first-order valence-corrected chi connectivity index (χ1v) is 9.61. The van der Waals surface area contributed by atoms with E-state index in [1.165, 1.54) is 0 Å². The maximum absolute atomic E-state index is 5.84. The van der Waals surface area contributed by atoms with Crippen LogP contribution in [-0.4, -0.2) is 33.2 Å². The number of hydrogen-bond acceptors (Lipinski definition) is 3. The van der Waals surface area contributed by atoms with Gasteiger partial charge in [0, 0.05) is 0 Å². The predicted molar refractivity (Wildman–Crippen MR) is 74.5 cm³/mol. The van der Waals surface area contributed by atoms with Crippen LogP contribution in [0.1, 0.15) is 27.7 Å². The molecule has 0 aromatic carbocycles. The normalized spacial score (nSPS) is 23.6. The van der Waals surface area contributed by atoms with Crippen LogP contribution >= 0.6 is 0 Å². The summed E-state index contributed by atoms with van der Waals surface area (Å²) >= 11 is 0. The molecular formula is C12H25BO3Si. The van der Waals surface area contributed by atoms with E-state index in [4.69, 9.17) is 13.7 Å². The Bertz CT molecular complexity index is 279. The molecule has 0 bridgehead atoms. The molecule has 0 N–H and O–H groups in total. The molecule has 1 aliphatic rings. The monoisotopic (exact) mass is 256 g/mol. The Morgan fingerprint density at radius 1 is 1.06 bits per heavy atom. The van der Waals surface area contributed by atoms with Crippen LogP contribution in [0.15, 0.2) is 12.1 Å². The average Bonchev–Trinajstić information content (AvgIpc) is 2.28. The van der Waals surface area contributed by atoms with Crippen LogP contribution in [0.5, 0.6) is 0 Å². The Labute approximate surface area is 107 Å². The molecule has 98 valence electrons. The lowest BCUT2D eigenvalue weighted by Crippen LogP contribution is -2.41. The van der Waals surface area contributed by atoms with Crippen LogP contribution in [0, 0.1) is 0 Å². The summed E-state index contributed by atoms with van der Waals surface area (Å²) in [5.41, 5.74) is -0.525. The summed E-state index contributed by atoms with van der Waals surface area (Å²) in [5, 5.41) is 0. The van der Waals surface area contributed by atoms with Gasteiger partial charge >= 0.3 is 7.12 Å². The van der Waals surface area contributed by atoms with Crippen LogP contribution in [0.4, 0.5) is 0 Å². The minimum Gasteiger partial charge on any atom is -0.414 e. The molecule has 0 aromatic rings. The second-order valence-corrected chi connectivity index (χ2v) is 11.0. The van der Waals surface area contributed by atoms with E-state index in [1.54, 1.807) is 0 Å². The topological polar surface area (TPSA) is 27.7 Å². The summed E-state index contributed by atoms with van der Waals surface area (Å²) < 4.78 is 17.4. The highest BCUT2D eigenvalue weighted by atomic mass is 28.4. The van der Waals surface area contributed by atoms with Crippen molar-refractivity contribution in [3.05, 3.63) is 12.1 Å². The first-order valence-electron chi connectivity index (χ1n) is 6.20. The highest BCUT2D eigenvalue weighted by molar-refractivity contribution is 6.69. The van der Waals surface area contributed by atoms with Crippen LogP contribution in [0.2, 0.25) is 19.6 Å². The third-order valence-electron chi connectivity index (χ3n) is 3.18. The first kappa shape index (κ1) is 15.0. The van der Waals surface area contributed by atoms with E-state index in [9.17, 15) is 0 Å². The Hall–Kier alpha value is -0.0982. The number of hydrogen-bond donors (Lipinski definition) is 0. The van der Waals surface area contributed by atoms with Gasteiger partial charge in [0.15, 0.2) is 8.32 Å². The molecule has 5 heteroatoms. The summed E-state index contributed by atoms with van der Waals surface area (Å²) in [6.07, 6.45) is 1.99. The zero-order chi connectivity index (χ0) is 13.3. The van der Waals surface area contributed by atoms with Crippen LogP contribution < -0.4 is 0 Å². The van der Waals surface area contributed by atoms with Crippen molar-refractivity contribution in [2.75, 3.05) is 6.61 Å². The highest BCUT2D eigenvalue weighted by Crippen LogP contribution is 2.36. The van der Waals surface area contributed by atoms with E-state index in [-0.39, 0.29) is 18.3 Å². The third kappa shape index (κ3) is 4.25. The van der Waals surface area contributed by atoms with Crippen molar-refractivity contribution < 1.29 is 13.7 Å². The Morgan fingerprint density at radius 3 is 1.94 bits per heavy atom. The van der Waals surface area contributed by atoms with Crippen molar-refractivity contribution in [1.82, 2.24) is 0 Å². The van der Waals surface area contributed by atoms with Gasteiger partial charge in [-0.05, 0) is 47.3 Å². The van der Waals surface area contributed by atoms with E-state index in [1.807, 2.05) is 12.1 Å². The molecule has 0 atom stereocenters. The van der Waals surface area contributed by atoms with Crippen molar-refractivity contribution in [1.29, 1.82) is 0 Å². The van der Waals surface area contributed by atoms with E-state index in [0.717, 1.165) is 0 Å². The molecule has 0 saturated carbocycles. The minimum absolute atomic E-state index is 0.259. The van der Waals surface area contributed by atoms with Gasteiger partial charge in [0.05, 0.1) is 17.8 Å². The summed E-state index contributed by atoms with van der Waals surface area (Å²) in [5.74, 6) is 1.94. The van der Waals surface area contributed by atoms with Gasteiger partial charge in [0.2, 0.25) is 0 Å². The molecule has 3 nitrogen and oxygen atoms in total.